The highest BCUT2D eigenvalue weighted by Crippen LogP contribution is 2.56. The lowest BCUT2D eigenvalue weighted by Gasteiger charge is -2.36. The number of rotatable bonds is 0. The molecular formula is C9H8Cl2N2S. The summed E-state index contributed by atoms with van der Waals surface area (Å²) >= 11 is 13.6. The van der Waals surface area contributed by atoms with E-state index in [0.29, 0.717) is 9.90 Å². The van der Waals surface area contributed by atoms with Crippen molar-refractivity contribution in [2.24, 2.45) is 0 Å². The highest BCUT2D eigenvalue weighted by Gasteiger charge is 2.45. The molecule has 2 nitrogen and oxygen atoms in total. The molecule has 1 aliphatic heterocycles. The molecule has 0 aromatic carbocycles. The molecule has 0 N–H and O–H groups in total. The maximum Gasteiger partial charge on any atom is 0.224 e. The van der Waals surface area contributed by atoms with Crippen LogP contribution in [0.5, 0.6) is 0 Å². The number of thioether (sulfide) groups is 1. The topological polar surface area (TPSA) is 25.8 Å². The van der Waals surface area contributed by atoms with Crippen molar-refractivity contribution in [2.75, 3.05) is 0 Å². The second kappa shape index (κ2) is 3.00. The van der Waals surface area contributed by atoms with Crippen LogP contribution in [0.1, 0.15) is 25.0 Å². The predicted octanol–water partition coefficient (Wildman–Crippen LogP) is 3.35. The Hall–Kier alpha value is 0.01000. The van der Waals surface area contributed by atoms with Crippen LogP contribution >= 0.6 is 35.0 Å². The molecule has 14 heavy (non-hydrogen) atoms. The van der Waals surface area contributed by atoms with Crippen LogP contribution in [0, 0.1) is 0 Å². The normalized spacial score (nSPS) is 22.1. The van der Waals surface area contributed by atoms with Crippen molar-refractivity contribution in [3.05, 3.63) is 16.1 Å². The van der Waals surface area contributed by atoms with E-state index in [2.05, 4.69) is 9.97 Å². The van der Waals surface area contributed by atoms with Gasteiger partial charge in [0.1, 0.15) is 5.15 Å². The minimum atomic E-state index is 0.269. The van der Waals surface area contributed by atoms with Crippen molar-refractivity contribution >= 4 is 35.0 Å². The number of hydrogen-bond acceptors (Lipinski definition) is 3. The standard InChI is InChI=1S/C9H8Cl2N2S/c10-7-6-5(12-8(11)13-7)4-9(14-6)2-1-3-9/h1-4H2. The Morgan fingerprint density at radius 1 is 1.21 bits per heavy atom. The Kier molecular flexibility index (Phi) is 1.98. The number of aromatic nitrogens is 2. The molecule has 0 atom stereocenters. The summed E-state index contributed by atoms with van der Waals surface area (Å²) < 4.78 is 0.380. The molecule has 1 saturated carbocycles. The first kappa shape index (κ1) is 9.25. The molecule has 0 bridgehead atoms. The summed E-state index contributed by atoms with van der Waals surface area (Å²) in [6.45, 7) is 0. The maximum atomic E-state index is 6.03. The first-order valence-corrected chi connectivity index (χ1v) is 6.17. The van der Waals surface area contributed by atoms with Gasteiger partial charge in [-0.2, -0.15) is 0 Å². The molecule has 74 valence electrons. The van der Waals surface area contributed by atoms with Crippen molar-refractivity contribution in [1.82, 2.24) is 9.97 Å². The van der Waals surface area contributed by atoms with Crippen LogP contribution in [-0.2, 0) is 6.42 Å². The van der Waals surface area contributed by atoms with Crippen LogP contribution in [0.4, 0.5) is 0 Å². The van der Waals surface area contributed by atoms with Gasteiger partial charge in [0.05, 0.1) is 10.6 Å². The quantitative estimate of drug-likeness (QED) is 0.519. The zero-order valence-electron chi connectivity index (χ0n) is 7.39. The third-order valence-corrected chi connectivity index (χ3v) is 5.11. The molecule has 0 radical (unpaired) electrons. The lowest BCUT2D eigenvalue weighted by molar-refractivity contribution is 0.365. The van der Waals surface area contributed by atoms with Crippen molar-refractivity contribution in [1.29, 1.82) is 0 Å². The van der Waals surface area contributed by atoms with Gasteiger partial charge in [-0.05, 0) is 24.4 Å². The number of halogens is 2. The summed E-state index contributed by atoms with van der Waals surface area (Å²) in [4.78, 5) is 9.26. The minimum absolute atomic E-state index is 0.269. The van der Waals surface area contributed by atoms with E-state index >= 15 is 0 Å². The van der Waals surface area contributed by atoms with E-state index in [9.17, 15) is 0 Å². The van der Waals surface area contributed by atoms with Crippen LogP contribution in [0.3, 0.4) is 0 Å². The fraction of sp³-hybridized carbons (Fsp3) is 0.556. The Bertz CT molecular complexity index is 404. The van der Waals surface area contributed by atoms with Gasteiger partial charge in [-0.3, -0.25) is 0 Å². The lowest BCUT2D eigenvalue weighted by Crippen LogP contribution is -2.32. The predicted molar refractivity (Wildman–Crippen MR) is 58.2 cm³/mol. The van der Waals surface area contributed by atoms with E-state index < -0.39 is 0 Å². The van der Waals surface area contributed by atoms with Crippen LogP contribution in [0.15, 0.2) is 4.90 Å². The molecule has 5 heteroatoms. The Labute approximate surface area is 96.4 Å². The largest absolute Gasteiger partial charge is 0.224 e. The molecule has 0 saturated heterocycles. The molecule has 1 fully saturated rings. The first-order chi connectivity index (χ1) is 6.69. The molecule has 3 rings (SSSR count). The van der Waals surface area contributed by atoms with Crippen molar-refractivity contribution in [3.63, 3.8) is 0 Å². The van der Waals surface area contributed by atoms with Gasteiger partial charge < -0.3 is 0 Å². The minimum Gasteiger partial charge on any atom is -0.222 e. The van der Waals surface area contributed by atoms with E-state index in [4.69, 9.17) is 23.2 Å². The number of nitrogens with zero attached hydrogens (tertiary/aromatic N) is 2. The second-order valence-electron chi connectivity index (χ2n) is 3.87. The summed E-state index contributed by atoms with van der Waals surface area (Å²) in [5.74, 6) is 0. The Morgan fingerprint density at radius 2 is 2.00 bits per heavy atom. The zero-order valence-corrected chi connectivity index (χ0v) is 9.72. The lowest BCUT2D eigenvalue weighted by atomic mass is 9.81. The number of hydrogen-bond donors (Lipinski definition) is 0. The Morgan fingerprint density at radius 3 is 2.64 bits per heavy atom. The van der Waals surface area contributed by atoms with Crippen molar-refractivity contribution in [3.8, 4) is 0 Å². The number of fused-ring (bicyclic) bond motifs is 1. The molecule has 1 aliphatic carbocycles. The molecule has 0 unspecified atom stereocenters. The third-order valence-electron chi connectivity index (χ3n) is 2.94. The van der Waals surface area contributed by atoms with E-state index in [-0.39, 0.29) is 5.28 Å². The van der Waals surface area contributed by atoms with Crippen molar-refractivity contribution < 1.29 is 0 Å². The van der Waals surface area contributed by atoms with Crippen LogP contribution in [0.2, 0.25) is 10.4 Å². The van der Waals surface area contributed by atoms with Gasteiger partial charge in [-0.25, -0.2) is 9.97 Å². The van der Waals surface area contributed by atoms with E-state index in [1.807, 2.05) is 11.8 Å². The summed E-state index contributed by atoms with van der Waals surface area (Å²) in [6.07, 6.45) is 4.86. The summed E-state index contributed by atoms with van der Waals surface area (Å²) in [5, 5.41) is 0.791. The molecule has 1 spiro atoms. The summed E-state index contributed by atoms with van der Waals surface area (Å²) in [5.41, 5.74) is 1.04. The zero-order chi connectivity index (χ0) is 9.76. The van der Waals surface area contributed by atoms with Crippen molar-refractivity contribution in [2.45, 2.75) is 35.3 Å². The Balaban J connectivity index is 2.05. The average molecular weight is 247 g/mol. The van der Waals surface area contributed by atoms with Gasteiger partial charge in [0.15, 0.2) is 0 Å². The average Bonchev–Trinajstić information content (AvgIpc) is 2.42. The van der Waals surface area contributed by atoms with Gasteiger partial charge in [0, 0.05) is 11.2 Å². The molecule has 1 aromatic heterocycles. The van der Waals surface area contributed by atoms with Crippen LogP contribution in [0.25, 0.3) is 0 Å². The smallest absolute Gasteiger partial charge is 0.222 e. The van der Waals surface area contributed by atoms with Crippen LogP contribution in [-0.4, -0.2) is 14.7 Å². The highest BCUT2D eigenvalue weighted by atomic mass is 35.5. The van der Waals surface area contributed by atoms with Gasteiger partial charge in [-0.1, -0.05) is 18.0 Å². The molecular weight excluding hydrogens is 239 g/mol. The van der Waals surface area contributed by atoms with Gasteiger partial charge in [0.25, 0.3) is 0 Å². The van der Waals surface area contributed by atoms with E-state index in [1.165, 1.54) is 19.3 Å². The van der Waals surface area contributed by atoms with Gasteiger partial charge in [-0.15, -0.1) is 11.8 Å². The summed E-state index contributed by atoms with van der Waals surface area (Å²) in [7, 11) is 0. The van der Waals surface area contributed by atoms with Crippen LogP contribution < -0.4 is 0 Å². The molecule has 2 heterocycles. The molecule has 1 aromatic rings. The van der Waals surface area contributed by atoms with E-state index in [1.54, 1.807) is 0 Å². The fourth-order valence-electron chi connectivity index (χ4n) is 2.07. The molecule has 2 aliphatic rings. The monoisotopic (exact) mass is 246 g/mol. The first-order valence-electron chi connectivity index (χ1n) is 4.59. The second-order valence-corrected chi connectivity index (χ2v) is 6.05. The third kappa shape index (κ3) is 1.26. The highest BCUT2D eigenvalue weighted by molar-refractivity contribution is 8.01. The van der Waals surface area contributed by atoms with Gasteiger partial charge in [0.2, 0.25) is 5.28 Å². The molecule has 0 amide bonds. The maximum absolute atomic E-state index is 6.03. The van der Waals surface area contributed by atoms with E-state index in [0.717, 1.165) is 17.0 Å². The fourth-order valence-corrected chi connectivity index (χ4v) is 4.10. The SMILES string of the molecule is Clc1nc(Cl)c2c(n1)CC1(CCC1)S2. The summed E-state index contributed by atoms with van der Waals surface area (Å²) in [6, 6.07) is 0. The van der Waals surface area contributed by atoms with Gasteiger partial charge >= 0.3 is 0 Å².